The van der Waals surface area contributed by atoms with Gasteiger partial charge in [0.15, 0.2) is 5.82 Å². The highest BCUT2D eigenvalue weighted by Crippen LogP contribution is 2.31. The number of nitrogens with two attached hydrogens (primary N) is 1. The van der Waals surface area contributed by atoms with Crippen LogP contribution in [0.25, 0.3) is 11.4 Å². The summed E-state index contributed by atoms with van der Waals surface area (Å²) in [7, 11) is 4.79. The third-order valence-corrected chi connectivity index (χ3v) is 2.74. The lowest BCUT2D eigenvalue weighted by molar-refractivity contribution is 0.181. The Bertz CT molecular complexity index is 602. The highest BCUT2D eigenvalue weighted by Gasteiger charge is 2.12. The summed E-state index contributed by atoms with van der Waals surface area (Å²) in [5.74, 6) is 2.21. The summed E-state index contributed by atoms with van der Waals surface area (Å²) in [6.07, 6.45) is 0. The fourth-order valence-electron chi connectivity index (χ4n) is 1.85. The predicted octanol–water partition coefficient (Wildman–Crippen LogP) is 1.89. The van der Waals surface area contributed by atoms with Crippen LogP contribution < -0.4 is 15.2 Å². The summed E-state index contributed by atoms with van der Waals surface area (Å²) < 4.78 is 15.6. The van der Waals surface area contributed by atoms with Crippen molar-refractivity contribution in [1.82, 2.24) is 9.97 Å². The fraction of sp³-hybridized carbons (Fsp3) is 0.286. The molecule has 2 aromatic rings. The van der Waals surface area contributed by atoms with Crippen LogP contribution in [0.2, 0.25) is 0 Å². The quantitative estimate of drug-likeness (QED) is 0.897. The summed E-state index contributed by atoms with van der Waals surface area (Å²) in [5.41, 5.74) is 7.24. The topological polar surface area (TPSA) is 79.5 Å². The van der Waals surface area contributed by atoms with Crippen molar-refractivity contribution in [2.75, 3.05) is 27.1 Å². The average Bonchev–Trinajstić information content (AvgIpc) is 2.46. The largest absolute Gasteiger partial charge is 0.497 e. The van der Waals surface area contributed by atoms with Gasteiger partial charge in [-0.1, -0.05) is 0 Å². The monoisotopic (exact) mass is 275 g/mol. The van der Waals surface area contributed by atoms with Gasteiger partial charge in [-0.25, -0.2) is 9.97 Å². The fourth-order valence-corrected chi connectivity index (χ4v) is 1.85. The molecule has 106 valence electrons. The third kappa shape index (κ3) is 2.97. The van der Waals surface area contributed by atoms with Crippen molar-refractivity contribution in [3.8, 4) is 22.9 Å². The number of methoxy groups -OCH3 is 3. The Morgan fingerprint density at radius 1 is 1.05 bits per heavy atom. The van der Waals surface area contributed by atoms with E-state index in [1.165, 1.54) is 0 Å². The Kier molecular flexibility index (Phi) is 4.37. The Balaban J connectivity index is 2.54. The van der Waals surface area contributed by atoms with Crippen LogP contribution in [0, 0.1) is 0 Å². The van der Waals surface area contributed by atoms with Gasteiger partial charge in [0.25, 0.3) is 0 Å². The standard InChI is InChI=1S/C14H17N3O3/c1-18-8-9-6-13(15)17-14(16-9)11-7-10(19-2)4-5-12(11)20-3/h4-7H,8H2,1-3H3,(H2,15,16,17). The van der Waals surface area contributed by atoms with Crippen LogP contribution in [0.3, 0.4) is 0 Å². The lowest BCUT2D eigenvalue weighted by Crippen LogP contribution is -2.02. The van der Waals surface area contributed by atoms with Gasteiger partial charge in [0.2, 0.25) is 0 Å². The predicted molar refractivity (Wildman–Crippen MR) is 75.7 cm³/mol. The zero-order chi connectivity index (χ0) is 14.5. The minimum Gasteiger partial charge on any atom is -0.497 e. The van der Waals surface area contributed by atoms with Gasteiger partial charge in [-0.05, 0) is 18.2 Å². The molecule has 1 aromatic carbocycles. The van der Waals surface area contributed by atoms with Crippen molar-refractivity contribution >= 4 is 5.82 Å². The second-order valence-corrected chi connectivity index (χ2v) is 4.11. The number of aromatic nitrogens is 2. The highest BCUT2D eigenvalue weighted by molar-refractivity contribution is 5.67. The van der Waals surface area contributed by atoms with Crippen molar-refractivity contribution in [2.45, 2.75) is 6.61 Å². The molecule has 0 aliphatic carbocycles. The molecule has 0 saturated carbocycles. The molecule has 0 amide bonds. The van der Waals surface area contributed by atoms with Crippen molar-refractivity contribution < 1.29 is 14.2 Å². The number of hydrogen-bond acceptors (Lipinski definition) is 6. The van der Waals surface area contributed by atoms with E-state index in [-0.39, 0.29) is 0 Å². The van der Waals surface area contributed by atoms with E-state index in [9.17, 15) is 0 Å². The molecule has 0 unspecified atom stereocenters. The van der Waals surface area contributed by atoms with E-state index in [1.807, 2.05) is 12.1 Å². The summed E-state index contributed by atoms with van der Waals surface area (Å²) in [5, 5.41) is 0. The van der Waals surface area contributed by atoms with Gasteiger partial charge >= 0.3 is 0 Å². The molecule has 6 nitrogen and oxygen atoms in total. The highest BCUT2D eigenvalue weighted by atomic mass is 16.5. The van der Waals surface area contributed by atoms with E-state index < -0.39 is 0 Å². The van der Waals surface area contributed by atoms with Crippen LogP contribution in [0.5, 0.6) is 11.5 Å². The first kappa shape index (κ1) is 14.1. The number of nitrogen functional groups attached to an aromatic ring is 1. The van der Waals surface area contributed by atoms with E-state index in [2.05, 4.69) is 9.97 Å². The molecular formula is C14H17N3O3. The number of ether oxygens (including phenoxy) is 3. The first-order valence-electron chi connectivity index (χ1n) is 6.02. The molecule has 0 saturated heterocycles. The van der Waals surface area contributed by atoms with Crippen LogP contribution in [-0.2, 0) is 11.3 Å². The van der Waals surface area contributed by atoms with Crippen LogP contribution in [0.1, 0.15) is 5.69 Å². The molecule has 1 heterocycles. The van der Waals surface area contributed by atoms with E-state index >= 15 is 0 Å². The number of nitrogens with zero attached hydrogens (tertiary/aromatic N) is 2. The summed E-state index contributed by atoms with van der Waals surface area (Å²) in [4.78, 5) is 8.67. The Labute approximate surface area is 117 Å². The molecule has 0 bridgehead atoms. The maximum atomic E-state index is 5.81. The van der Waals surface area contributed by atoms with Crippen molar-refractivity contribution in [1.29, 1.82) is 0 Å². The zero-order valence-electron chi connectivity index (χ0n) is 11.7. The second kappa shape index (κ2) is 6.21. The normalized spacial score (nSPS) is 10.3. The summed E-state index contributed by atoms with van der Waals surface area (Å²) >= 11 is 0. The zero-order valence-corrected chi connectivity index (χ0v) is 11.7. The summed E-state index contributed by atoms with van der Waals surface area (Å²) in [6, 6.07) is 7.10. The lowest BCUT2D eigenvalue weighted by Gasteiger charge is -2.11. The van der Waals surface area contributed by atoms with Crippen LogP contribution in [0.15, 0.2) is 24.3 Å². The van der Waals surface area contributed by atoms with Gasteiger partial charge in [-0.15, -0.1) is 0 Å². The van der Waals surface area contributed by atoms with E-state index in [0.29, 0.717) is 35.4 Å². The molecule has 0 atom stereocenters. The molecule has 0 aliphatic heterocycles. The number of rotatable bonds is 5. The smallest absolute Gasteiger partial charge is 0.165 e. The van der Waals surface area contributed by atoms with Crippen LogP contribution in [-0.4, -0.2) is 31.3 Å². The number of hydrogen-bond donors (Lipinski definition) is 1. The Morgan fingerprint density at radius 3 is 2.50 bits per heavy atom. The molecule has 2 N–H and O–H groups in total. The molecular weight excluding hydrogens is 258 g/mol. The number of benzene rings is 1. The molecule has 2 rings (SSSR count). The van der Waals surface area contributed by atoms with Crippen LogP contribution in [0.4, 0.5) is 5.82 Å². The van der Waals surface area contributed by atoms with Gasteiger partial charge < -0.3 is 19.9 Å². The van der Waals surface area contributed by atoms with E-state index in [1.54, 1.807) is 33.5 Å². The maximum absolute atomic E-state index is 5.81. The Morgan fingerprint density at radius 2 is 1.85 bits per heavy atom. The first-order chi connectivity index (χ1) is 9.67. The van der Waals surface area contributed by atoms with Gasteiger partial charge in [-0.3, -0.25) is 0 Å². The molecule has 0 aliphatic rings. The molecule has 20 heavy (non-hydrogen) atoms. The van der Waals surface area contributed by atoms with E-state index in [0.717, 1.165) is 5.56 Å². The molecule has 0 radical (unpaired) electrons. The molecule has 0 fully saturated rings. The lowest BCUT2D eigenvalue weighted by atomic mass is 10.1. The minimum atomic E-state index is 0.367. The number of anilines is 1. The van der Waals surface area contributed by atoms with Gasteiger partial charge in [0.1, 0.15) is 17.3 Å². The first-order valence-corrected chi connectivity index (χ1v) is 6.02. The second-order valence-electron chi connectivity index (χ2n) is 4.11. The van der Waals surface area contributed by atoms with Crippen molar-refractivity contribution in [2.24, 2.45) is 0 Å². The van der Waals surface area contributed by atoms with Crippen molar-refractivity contribution in [3.63, 3.8) is 0 Å². The van der Waals surface area contributed by atoms with Gasteiger partial charge in [0.05, 0.1) is 32.1 Å². The molecule has 1 aromatic heterocycles. The summed E-state index contributed by atoms with van der Waals surface area (Å²) in [6.45, 7) is 0.367. The van der Waals surface area contributed by atoms with Gasteiger partial charge in [-0.2, -0.15) is 0 Å². The minimum absolute atomic E-state index is 0.367. The van der Waals surface area contributed by atoms with Gasteiger partial charge in [0, 0.05) is 13.2 Å². The van der Waals surface area contributed by atoms with Crippen LogP contribution >= 0.6 is 0 Å². The molecule has 6 heteroatoms. The Hall–Kier alpha value is -2.34. The third-order valence-electron chi connectivity index (χ3n) is 2.74. The van der Waals surface area contributed by atoms with Crippen molar-refractivity contribution in [3.05, 3.63) is 30.0 Å². The molecule has 0 spiro atoms. The SMILES string of the molecule is COCc1cc(N)nc(-c2cc(OC)ccc2OC)n1. The average molecular weight is 275 g/mol. The maximum Gasteiger partial charge on any atom is 0.165 e. The van der Waals surface area contributed by atoms with E-state index in [4.69, 9.17) is 19.9 Å².